The third-order valence-electron chi connectivity index (χ3n) is 6.05. The Kier molecular flexibility index (Phi) is 8.25. The van der Waals surface area contributed by atoms with Crippen LogP contribution >= 0.6 is 24.0 Å². The molecule has 0 amide bonds. The van der Waals surface area contributed by atoms with Gasteiger partial charge in [-0.3, -0.25) is 4.99 Å². The van der Waals surface area contributed by atoms with Crippen LogP contribution in [0.25, 0.3) is 0 Å². The predicted molar refractivity (Wildman–Crippen MR) is 141 cm³/mol. The van der Waals surface area contributed by atoms with Crippen molar-refractivity contribution >= 4 is 35.8 Å². The molecule has 2 aliphatic rings. The predicted octanol–water partition coefficient (Wildman–Crippen LogP) is 4.31. The number of hydrogen-bond acceptors (Lipinski definition) is 5. The first kappa shape index (κ1) is 24.3. The maximum atomic E-state index is 14.2. The van der Waals surface area contributed by atoms with E-state index in [1.54, 1.807) is 18.5 Å². The Labute approximate surface area is 215 Å². The fraction of sp³-hybridized carbons (Fsp3) is 0.360. The Morgan fingerprint density at radius 3 is 2.88 bits per heavy atom. The van der Waals surface area contributed by atoms with E-state index in [4.69, 9.17) is 14.1 Å². The highest BCUT2D eigenvalue weighted by Gasteiger charge is 2.28. The van der Waals surface area contributed by atoms with Crippen molar-refractivity contribution in [2.75, 3.05) is 31.1 Å². The summed E-state index contributed by atoms with van der Waals surface area (Å²) < 4.78 is 25.5. The lowest BCUT2D eigenvalue weighted by Gasteiger charge is -2.29. The second-order valence-corrected chi connectivity index (χ2v) is 8.32. The summed E-state index contributed by atoms with van der Waals surface area (Å²) in [7, 11) is 0. The molecule has 2 aromatic heterocycles. The van der Waals surface area contributed by atoms with Gasteiger partial charge in [-0.15, -0.1) is 24.0 Å². The van der Waals surface area contributed by atoms with Crippen molar-refractivity contribution in [1.29, 1.82) is 0 Å². The molecule has 0 bridgehead atoms. The quantitative estimate of drug-likeness (QED) is 0.259. The van der Waals surface area contributed by atoms with Gasteiger partial charge in [-0.2, -0.15) is 0 Å². The number of halogens is 2. The van der Waals surface area contributed by atoms with Gasteiger partial charge in [-0.25, -0.2) is 9.37 Å². The zero-order valence-corrected chi connectivity index (χ0v) is 21.2. The van der Waals surface area contributed by atoms with Crippen LogP contribution < -0.4 is 20.3 Å². The number of aliphatic imine (C=N–C) groups is 1. The SMILES string of the molecule is Fc1cccnc1N1CCC(NC(=NCCc2ccco2)NC2CCOc3ccccc32)C1.I. The standard InChI is InChI=1S/C25H28FN5O2.HI/c26-21-7-3-12-27-24(21)31-14-10-18(17-31)29-25(28-13-9-19-5-4-15-32-19)30-22-11-16-33-23-8-2-1-6-20(22)23;/h1-8,12,15,18,22H,9-11,13-14,16-17H2,(H2,28,29,30);1H. The van der Waals surface area contributed by atoms with Crippen molar-refractivity contribution in [2.24, 2.45) is 4.99 Å². The molecule has 5 rings (SSSR count). The average Bonchev–Trinajstić information content (AvgIpc) is 3.52. The van der Waals surface area contributed by atoms with Crippen LogP contribution in [0, 0.1) is 5.82 Å². The van der Waals surface area contributed by atoms with E-state index >= 15 is 0 Å². The molecule has 0 aliphatic carbocycles. The molecule has 3 aromatic rings. The first-order valence-corrected chi connectivity index (χ1v) is 11.4. The number of guanidine groups is 1. The minimum atomic E-state index is -0.289. The van der Waals surface area contributed by atoms with Gasteiger partial charge in [0.2, 0.25) is 0 Å². The molecule has 4 heterocycles. The van der Waals surface area contributed by atoms with Crippen molar-refractivity contribution in [3.63, 3.8) is 0 Å². The zero-order valence-electron chi connectivity index (χ0n) is 18.8. The molecule has 1 fully saturated rings. The van der Waals surface area contributed by atoms with Gasteiger partial charge in [0, 0.05) is 50.3 Å². The summed E-state index contributed by atoms with van der Waals surface area (Å²) in [5, 5.41) is 7.17. The molecular weight excluding hydrogens is 548 g/mol. The van der Waals surface area contributed by atoms with Gasteiger partial charge in [0.25, 0.3) is 0 Å². The number of aromatic nitrogens is 1. The largest absolute Gasteiger partial charge is 0.493 e. The normalized spacial score (nSPS) is 19.7. The van der Waals surface area contributed by atoms with E-state index in [0.717, 1.165) is 48.8 Å². The number of ether oxygens (including phenoxy) is 1. The second-order valence-electron chi connectivity index (χ2n) is 8.32. The maximum absolute atomic E-state index is 14.2. The third kappa shape index (κ3) is 5.81. The van der Waals surface area contributed by atoms with Crippen LogP contribution in [0.1, 0.15) is 30.2 Å². The van der Waals surface area contributed by atoms with Crippen LogP contribution in [0.3, 0.4) is 0 Å². The number of pyridine rings is 1. The van der Waals surface area contributed by atoms with Crippen LogP contribution in [-0.2, 0) is 6.42 Å². The Morgan fingerprint density at radius 2 is 2.03 bits per heavy atom. The fourth-order valence-corrected chi connectivity index (χ4v) is 4.40. The number of furan rings is 1. The van der Waals surface area contributed by atoms with Crippen molar-refractivity contribution in [1.82, 2.24) is 15.6 Å². The molecule has 0 spiro atoms. The van der Waals surface area contributed by atoms with Crippen LogP contribution in [0.4, 0.5) is 10.2 Å². The van der Waals surface area contributed by atoms with Crippen molar-refractivity contribution in [2.45, 2.75) is 31.3 Å². The third-order valence-corrected chi connectivity index (χ3v) is 6.05. The lowest BCUT2D eigenvalue weighted by molar-refractivity contribution is 0.261. The number of rotatable bonds is 6. The highest BCUT2D eigenvalue weighted by Crippen LogP contribution is 2.31. The molecule has 9 heteroatoms. The molecule has 7 nitrogen and oxygen atoms in total. The molecule has 2 N–H and O–H groups in total. The summed E-state index contributed by atoms with van der Waals surface area (Å²) in [6.07, 6.45) is 5.76. The monoisotopic (exact) mass is 577 g/mol. The van der Waals surface area contributed by atoms with Crippen LogP contribution in [-0.4, -0.2) is 43.2 Å². The summed E-state index contributed by atoms with van der Waals surface area (Å²) >= 11 is 0. The Morgan fingerprint density at radius 1 is 1.12 bits per heavy atom. The number of fused-ring (bicyclic) bond motifs is 1. The lowest BCUT2D eigenvalue weighted by atomic mass is 10.0. The van der Waals surface area contributed by atoms with Crippen LogP contribution in [0.5, 0.6) is 5.75 Å². The molecule has 1 saturated heterocycles. The number of anilines is 1. The van der Waals surface area contributed by atoms with Gasteiger partial charge in [0.05, 0.1) is 18.9 Å². The van der Waals surface area contributed by atoms with Gasteiger partial charge in [-0.1, -0.05) is 18.2 Å². The molecule has 0 radical (unpaired) electrons. The minimum absolute atomic E-state index is 0. The van der Waals surface area contributed by atoms with Crippen LogP contribution in [0.15, 0.2) is 70.4 Å². The van der Waals surface area contributed by atoms with E-state index < -0.39 is 0 Å². The summed E-state index contributed by atoms with van der Waals surface area (Å²) in [6.45, 7) is 2.66. The summed E-state index contributed by atoms with van der Waals surface area (Å²) in [6, 6.07) is 15.3. The van der Waals surface area contributed by atoms with E-state index in [9.17, 15) is 4.39 Å². The number of hydrogen-bond donors (Lipinski definition) is 2. The van der Waals surface area contributed by atoms with E-state index in [-0.39, 0.29) is 41.9 Å². The first-order valence-electron chi connectivity index (χ1n) is 11.4. The van der Waals surface area contributed by atoms with Crippen molar-refractivity contribution < 1.29 is 13.5 Å². The van der Waals surface area contributed by atoms with Gasteiger partial charge in [-0.05, 0) is 36.8 Å². The highest BCUT2D eigenvalue weighted by molar-refractivity contribution is 14.0. The van der Waals surface area contributed by atoms with Gasteiger partial charge in [0.15, 0.2) is 17.6 Å². The summed E-state index contributed by atoms with van der Waals surface area (Å²) in [5.74, 6) is 2.68. The topological polar surface area (TPSA) is 74.9 Å². The Hall–Kier alpha value is -2.82. The smallest absolute Gasteiger partial charge is 0.192 e. The molecule has 1 aromatic carbocycles. The lowest BCUT2D eigenvalue weighted by Crippen LogP contribution is -2.46. The molecule has 2 aliphatic heterocycles. The molecule has 34 heavy (non-hydrogen) atoms. The average molecular weight is 577 g/mol. The molecule has 180 valence electrons. The first-order chi connectivity index (χ1) is 16.3. The number of nitrogens with zero attached hydrogens (tertiary/aromatic N) is 3. The molecule has 2 atom stereocenters. The summed E-state index contributed by atoms with van der Waals surface area (Å²) in [5.41, 5.74) is 1.13. The number of nitrogens with one attached hydrogen (secondary N) is 2. The van der Waals surface area contributed by atoms with E-state index in [1.165, 1.54) is 6.07 Å². The maximum Gasteiger partial charge on any atom is 0.192 e. The molecule has 2 unspecified atom stereocenters. The van der Waals surface area contributed by atoms with Crippen molar-refractivity contribution in [3.05, 3.63) is 78.1 Å². The summed E-state index contributed by atoms with van der Waals surface area (Å²) in [4.78, 5) is 11.0. The number of benzene rings is 1. The highest BCUT2D eigenvalue weighted by atomic mass is 127. The van der Waals surface area contributed by atoms with E-state index in [1.807, 2.05) is 35.2 Å². The fourth-order valence-electron chi connectivity index (χ4n) is 4.40. The van der Waals surface area contributed by atoms with Crippen molar-refractivity contribution in [3.8, 4) is 5.75 Å². The Balaban J connectivity index is 0.00000274. The number of para-hydroxylation sites is 1. The van der Waals surface area contributed by atoms with E-state index in [2.05, 4.69) is 21.7 Å². The van der Waals surface area contributed by atoms with E-state index in [0.29, 0.717) is 25.5 Å². The Bertz CT molecular complexity index is 1090. The van der Waals surface area contributed by atoms with Crippen LogP contribution in [0.2, 0.25) is 0 Å². The molecule has 0 saturated carbocycles. The van der Waals surface area contributed by atoms with Gasteiger partial charge < -0.3 is 24.7 Å². The molecular formula is C25H29FIN5O2. The minimum Gasteiger partial charge on any atom is -0.493 e. The second kappa shape index (κ2) is 11.5. The van der Waals surface area contributed by atoms with Gasteiger partial charge in [0.1, 0.15) is 11.5 Å². The van der Waals surface area contributed by atoms with Gasteiger partial charge >= 0.3 is 0 Å². The zero-order chi connectivity index (χ0) is 22.5.